The molecule has 21 heavy (non-hydrogen) atoms. The first-order valence-electron chi connectivity index (χ1n) is 6.24. The highest BCUT2D eigenvalue weighted by Gasteiger charge is 2.19. The smallest absolute Gasteiger partial charge is 0.216 e. The molecule has 1 aromatic carbocycles. The van der Waals surface area contributed by atoms with Crippen molar-refractivity contribution >= 4 is 10.0 Å². The lowest BCUT2D eigenvalue weighted by Crippen LogP contribution is -2.29. The zero-order valence-electron chi connectivity index (χ0n) is 11.7. The van der Waals surface area contributed by atoms with Gasteiger partial charge in [0.1, 0.15) is 12.2 Å². The van der Waals surface area contributed by atoms with Crippen LogP contribution in [0.5, 0.6) is 0 Å². The summed E-state index contributed by atoms with van der Waals surface area (Å²) < 4.78 is 28.5. The quantitative estimate of drug-likeness (QED) is 0.883. The molecule has 2 aromatic rings. The van der Waals surface area contributed by atoms with Gasteiger partial charge in [-0.1, -0.05) is 12.1 Å². The van der Waals surface area contributed by atoms with Gasteiger partial charge in [-0.25, -0.2) is 13.1 Å². The maximum atomic E-state index is 12.1. The SMILES string of the molecule is CC(NS(=O)(=O)Cc1ccc(C#N)cc1)c1nncn1C. The third kappa shape index (κ3) is 3.87. The number of nitrogens with zero attached hydrogens (tertiary/aromatic N) is 4. The van der Waals surface area contributed by atoms with E-state index in [1.165, 1.54) is 6.33 Å². The van der Waals surface area contributed by atoms with Crippen LogP contribution in [-0.2, 0) is 22.8 Å². The van der Waals surface area contributed by atoms with Gasteiger partial charge < -0.3 is 4.57 Å². The van der Waals surface area contributed by atoms with Crippen molar-refractivity contribution in [3.8, 4) is 6.07 Å². The van der Waals surface area contributed by atoms with E-state index in [1.807, 2.05) is 6.07 Å². The van der Waals surface area contributed by atoms with Crippen LogP contribution in [0.15, 0.2) is 30.6 Å². The van der Waals surface area contributed by atoms with Crippen LogP contribution in [0.25, 0.3) is 0 Å². The Balaban J connectivity index is 2.08. The Morgan fingerprint density at radius 3 is 2.57 bits per heavy atom. The van der Waals surface area contributed by atoms with Gasteiger partial charge >= 0.3 is 0 Å². The van der Waals surface area contributed by atoms with Gasteiger partial charge in [0.05, 0.1) is 23.4 Å². The maximum absolute atomic E-state index is 12.1. The number of aromatic nitrogens is 3. The number of aryl methyl sites for hydroxylation is 1. The zero-order chi connectivity index (χ0) is 15.5. The molecule has 2 rings (SSSR count). The van der Waals surface area contributed by atoms with Crippen molar-refractivity contribution in [1.82, 2.24) is 19.5 Å². The summed E-state index contributed by atoms with van der Waals surface area (Å²) in [6, 6.07) is 7.97. The topological polar surface area (TPSA) is 101 Å². The molecule has 0 radical (unpaired) electrons. The number of hydrogen-bond donors (Lipinski definition) is 1. The third-order valence-corrected chi connectivity index (χ3v) is 4.36. The lowest BCUT2D eigenvalue weighted by molar-refractivity contribution is 0.552. The van der Waals surface area contributed by atoms with Crippen LogP contribution < -0.4 is 4.72 Å². The summed E-state index contributed by atoms with van der Waals surface area (Å²) in [6.07, 6.45) is 1.51. The lowest BCUT2D eigenvalue weighted by Gasteiger charge is -2.13. The molecular formula is C13H15N5O2S. The van der Waals surface area contributed by atoms with Crippen LogP contribution in [0.4, 0.5) is 0 Å². The van der Waals surface area contributed by atoms with Crippen molar-refractivity contribution in [2.75, 3.05) is 0 Å². The van der Waals surface area contributed by atoms with Crippen LogP contribution >= 0.6 is 0 Å². The fourth-order valence-corrected chi connectivity index (χ4v) is 3.30. The van der Waals surface area contributed by atoms with Gasteiger partial charge in [-0.2, -0.15) is 5.26 Å². The fourth-order valence-electron chi connectivity index (χ4n) is 1.94. The first kappa shape index (κ1) is 15.2. The molecular weight excluding hydrogens is 290 g/mol. The molecule has 1 heterocycles. The fraction of sp³-hybridized carbons (Fsp3) is 0.308. The van der Waals surface area contributed by atoms with Crippen molar-refractivity contribution in [2.24, 2.45) is 7.05 Å². The van der Waals surface area contributed by atoms with Crippen molar-refractivity contribution < 1.29 is 8.42 Å². The van der Waals surface area contributed by atoms with E-state index in [2.05, 4.69) is 14.9 Å². The first-order chi connectivity index (χ1) is 9.91. The van der Waals surface area contributed by atoms with Crippen LogP contribution in [-0.4, -0.2) is 23.2 Å². The van der Waals surface area contributed by atoms with E-state index in [9.17, 15) is 8.42 Å². The number of nitriles is 1. The second-order valence-electron chi connectivity index (χ2n) is 4.71. The van der Waals surface area contributed by atoms with E-state index in [4.69, 9.17) is 5.26 Å². The predicted octanol–water partition coefficient (Wildman–Crippen LogP) is 0.867. The van der Waals surface area contributed by atoms with E-state index in [1.54, 1.807) is 42.8 Å². The largest absolute Gasteiger partial charge is 0.319 e. The van der Waals surface area contributed by atoms with Gasteiger partial charge in [0.25, 0.3) is 0 Å². The molecule has 8 heteroatoms. The maximum Gasteiger partial charge on any atom is 0.216 e. The molecule has 0 saturated carbocycles. The van der Waals surface area contributed by atoms with E-state index < -0.39 is 16.1 Å². The molecule has 0 fully saturated rings. The van der Waals surface area contributed by atoms with E-state index >= 15 is 0 Å². The van der Waals surface area contributed by atoms with Crippen LogP contribution in [0, 0.1) is 11.3 Å². The molecule has 0 spiro atoms. The monoisotopic (exact) mass is 305 g/mol. The number of benzene rings is 1. The van der Waals surface area contributed by atoms with Crippen molar-refractivity contribution in [1.29, 1.82) is 5.26 Å². The van der Waals surface area contributed by atoms with Crippen LogP contribution in [0.2, 0.25) is 0 Å². The van der Waals surface area contributed by atoms with Crippen molar-refractivity contribution in [3.63, 3.8) is 0 Å². The summed E-state index contributed by atoms with van der Waals surface area (Å²) in [5, 5.41) is 16.3. The highest BCUT2D eigenvalue weighted by molar-refractivity contribution is 7.88. The Morgan fingerprint density at radius 2 is 2.05 bits per heavy atom. The minimum atomic E-state index is -3.51. The minimum Gasteiger partial charge on any atom is -0.319 e. The van der Waals surface area contributed by atoms with Gasteiger partial charge in [0.15, 0.2) is 0 Å². The first-order valence-corrected chi connectivity index (χ1v) is 7.89. The average Bonchev–Trinajstić information content (AvgIpc) is 2.85. The van der Waals surface area contributed by atoms with Gasteiger partial charge in [-0.15, -0.1) is 10.2 Å². The summed E-state index contributed by atoms with van der Waals surface area (Å²) in [5.41, 5.74) is 1.11. The molecule has 1 aromatic heterocycles. The molecule has 0 aliphatic rings. The highest BCUT2D eigenvalue weighted by atomic mass is 32.2. The molecule has 7 nitrogen and oxygen atoms in total. The van der Waals surface area contributed by atoms with E-state index in [0.29, 0.717) is 17.0 Å². The van der Waals surface area contributed by atoms with Crippen LogP contribution in [0.1, 0.15) is 29.9 Å². The summed E-state index contributed by atoms with van der Waals surface area (Å²) in [4.78, 5) is 0. The molecule has 1 unspecified atom stereocenters. The number of sulfonamides is 1. The minimum absolute atomic E-state index is 0.152. The van der Waals surface area contributed by atoms with E-state index in [0.717, 1.165) is 0 Å². The molecule has 0 aliphatic carbocycles. The lowest BCUT2D eigenvalue weighted by atomic mass is 10.2. The Labute approximate surface area is 123 Å². The summed E-state index contributed by atoms with van der Waals surface area (Å²) >= 11 is 0. The second kappa shape index (κ2) is 6.03. The Bertz CT molecular complexity index is 759. The van der Waals surface area contributed by atoms with Gasteiger partial charge in [-0.3, -0.25) is 0 Å². The van der Waals surface area contributed by atoms with Gasteiger partial charge in [0.2, 0.25) is 10.0 Å². The third-order valence-electron chi connectivity index (χ3n) is 2.93. The predicted molar refractivity (Wildman–Crippen MR) is 76.3 cm³/mol. The summed E-state index contributed by atoms with van der Waals surface area (Å²) in [6.45, 7) is 1.71. The standard InChI is InChI=1S/C13H15N5O2S/c1-10(13-16-15-9-18(13)2)17-21(19,20)8-12-5-3-11(7-14)4-6-12/h3-6,9-10,17H,8H2,1-2H3. The van der Waals surface area contributed by atoms with Crippen LogP contribution in [0.3, 0.4) is 0 Å². The highest BCUT2D eigenvalue weighted by Crippen LogP contribution is 2.12. The Hall–Kier alpha value is -2.24. The van der Waals surface area contributed by atoms with Gasteiger partial charge in [-0.05, 0) is 24.6 Å². The molecule has 1 atom stereocenters. The zero-order valence-corrected chi connectivity index (χ0v) is 12.5. The second-order valence-corrected chi connectivity index (χ2v) is 6.46. The van der Waals surface area contributed by atoms with Crippen molar-refractivity contribution in [2.45, 2.75) is 18.7 Å². The molecule has 1 N–H and O–H groups in total. The summed E-state index contributed by atoms with van der Waals surface area (Å²) in [5.74, 6) is 0.388. The average molecular weight is 305 g/mol. The molecule has 110 valence electrons. The molecule has 0 aliphatic heterocycles. The van der Waals surface area contributed by atoms with Crippen molar-refractivity contribution in [3.05, 3.63) is 47.5 Å². The number of hydrogen-bond acceptors (Lipinski definition) is 5. The molecule has 0 saturated heterocycles. The Morgan fingerprint density at radius 1 is 1.38 bits per heavy atom. The normalized spacial score (nSPS) is 12.8. The number of rotatable bonds is 5. The summed E-state index contributed by atoms with van der Waals surface area (Å²) in [7, 11) is -1.76. The Kier molecular flexibility index (Phi) is 4.35. The molecule has 0 bridgehead atoms. The molecule has 0 amide bonds. The van der Waals surface area contributed by atoms with Gasteiger partial charge in [0, 0.05) is 7.05 Å². The number of nitrogens with one attached hydrogen (secondary N) is 1. The van der Waals surface area contributed by atoms with E-state index in [-0.39, 0.29) is 5.75 Å².